The average Bonchev–Trinajstić information content (AvgIpc) is 2.45. The first kappa shape index (κ1) is 16.5. The smallest absolute Gasteiger partial charge is 0.156 e. The number of piperidine rings is 1. The Morgan fingerprint density at radius 1 is 1.33 bits per heavy atom. The third-order valence-electron chi connectivity index (χ3n) is 5.19. The zero-order valence-corrected chi connectivity index (χ0v) is 14.0. The largest absolute Gasteiger partial charge is 0.303 e. The van der Waals surface area contributed by atoms with Crippen molar-refractivity contribution in [2.75, 3.05) is 19.6 Å². The Kier molecular flexibility index (Phi) is 5.80. The predicted octanol–water partition coefficient (Wildman–Crippen LogP) is 4.37. The maximum atomic E-state index is 12.1. The Balaban J connectivity index is 1.83. The summed E-state index contributed by atoms with van der Waals surface area (Å²) in [7, 11) is 0. The summed E-state index contributed by atoms with van der Waals surface area (Å²) in [5.74, 6) is 0.708. The molecule has 1 saturated heterocycles. The molecule has 0 aromatic rings. The van der Waals surface area contributed by atoms with E-state index >= 15 is 0 Å². The van der Waals surface area contributed by atoms with E-state index in [1.807, 2.05) is 6.08 Å². The van der Waals surface area contributed by atoms with E-state index in [2.05, 4.69) is 37.8 Å². The van der Waals surface area contributed by atoms with Gasteiger partial charge in [0.2, 0.25) is 0 Å². The van der Waals surface area contributed by atoms with Crippen LogP contribution in [0.3, 0.4) is 0 Å². The first-order valence-electron chi connectivity index (χ1n) is 8.59. The zero-order chi connectivity index (χ0) is 15.3. The molecule has 0 aromatic carbocycles. The van der Waals surface area contributed by atoms with Gasteiger partial charge in [0, 0.05) is 18.9 Å². The molecule has 0 bridgehead atoms. The molecule has 1 aliphatic carbocycles. The van der Waals surface area contributed by atoms with Crippen molar-refractivity contribution in [3.63, 3.8) is 0 Å². The molecular formula is C19H31NO. The number of rotatable bonds is 5. The van der Waals surface area contributed by atoms with Crippen molar-refractivity contribution in [3.8, 4) is 0 Å². The van der Waals surface area contributed by atoms with Crippen LogP contribution in [-0.2, 0) is 4.79 Å². The lowest BCUT2D eigenvalue weighted by molar-refractivity contribution is -0.115. The van der Waals surface area contributed by atoms with E-state index in [9.17, 15) is 4.79 Å². The van der Waals surface area contributed by atoms with E-state index in [1.54, 1.807) is 0 Å². The molecule has 2 rings (SSSR count). The second-order valence-electron chi connectivity index (χ2n) is 7.43. The molecule has 0 aromatic heterocycles. The van der Waals surface area contributed by atoms with Crippen LogP contribution in [0.2, 0.25) is 0 Å². The highest BCUT2D eigenvalue weighted by atomic mass is 16.1. The molecule has 21 heavy (non-hydrogen) atoms. The fourth-order valence-corrected chi connectivity index (χ4v) is 3.72. The number of likely N-dealkylation sites (tertiary alicyclic amines) is 1. The van der Waals surface area contributed by atoms with Gasteiger partial charge in [-0.15, -0.1) is 0 Å². The van der Waals surface area contributed by atoms with Crippen molar-refractivity contribution >= 4 is 5.78 Å². The van der Waals surface area contributed by atoms with Crippen LogP contribution >= 0.6 is 0 Å². The molecule has 2 aliphatic rings. The molecule has 2 heteroatoms. The van der Waals surface area contributed by atoms with Crippen LogP contribution in [0.1, 0.15) is 59.3 Å². The highest BCUT2D eigenvalue weighted by Crippen LogP contribution is 2.41. The van der Waals surface area contributed by atoms with E-state index in [0.29, 0.717) is 12.3 Å². The van der Waals surface area contributed by atoms with E-state index in [1.165, 1.54) is 50.8 Å². The van der Waals surface area contributed by atoms with E-state index in [4.69, 9.17) is 0 Å². The number of hydrogen-bond donors (Lipinski definition) is 0. The molecule has 0 N–H and O–H groups in total. The van der Waals surface area contributed by atoms with E-state index < -0.39 is 0 Å². The molecule has 2 nitrogen and oxygen atoms in total. The number of allylic oxidation sites excluding steroid dienone is 4. The molecule has 1 unspecified atom stereocenters. The molecular weight excluding hydrogens is 258 g/mol. The van der Waals surface area contributed by atoms with Gasteiger partial charge in [0.15, 0.2) is 5.78 Å². The monoisotopic (exact) mass is 289 g/mol. The van der Waals surface area contributed by atoms with Gasteiger partial charge >= 0.3 is 0 Å². The Morgan fingerprint density at radius 3 is 2.71 bits per heavy atom. The van der Waals surface area contributed by atoms with Crippen LogP contribution < -0.4 is 0 Å². The first-order chi connectivity index (χ1) is 9.99. The molecule has 118 valence electrons. The van der Waals surface area contributed by atoms with Crippen molar-refractivity contribution in [2.24, 2.45) is 11.3 Å². The number of carbonyl (C=O) groups is 1. The highest BCUT2D eigenvalue weighted by Gasteiger charge is 2.30. The van der Waals surface area contributed by atoms with E-state index in [0.717, 1.165) is 6.54 Å². The van der Waals surface area contributed by atoms with Crippen molar-refractivity contribution in [3.05, 3.63) is 23.8 Å². The van der Waals surface area contributed by atoms with Crippen LogP contribution in [0.5, 0.6) is 0 Å². The van der Waals surface area contributed by atoms with Gasteiger partial charge in [-0.2, -0.15) is 0 Å². The number of ketones is 1. The lowest BCUT2D eigenvalue weighted by Gasteiger charge is -2.36. The van der Waals surface area contributed by atoms with E-state index in [-0.39, 0.29) is 11.2 Å². The van der Waals surface area contributed by atoms with Crippen LogP contribution in [0.15, 0.2) is 23.8 Å². The summed E-state index contributed by atoms with van der Waals surface area (Å²) in [5.41, 5.74) is 1.70. The summed E-state index contributed by atoms with van der Waals surface area (Å²) in [5, 5.41) is 0. The SMILES string of the molecule is CC1=CCCC(C)(C)C1/C=C/C(=O)CCN1CCCCC1. The maximum absolute atomic E-state index is 12.1. The molecule has 1 atom stereocenters. The topological polar surface area (TPSA) is 20.3 Å². The average molecular weight is 289 g/mol. The fraction of sp³-hybridized carbons (Fsp3) is 0.737. The van der Waals surface area contributed by atoms with Crippen LogP contribution in [-0.4, -0.2) is 30.3 Å². The van der Waals surface area contributed by atoms with Gasteiger partial charge in [-0.05, 0) is 57.2 Å². The normalized spacial score (nSPS) is 26.8. The Hall–Kier alpha value is -0.890. The minimum Gasteiger partial charge on any atom is -0.303 e. The molecule has 1 fully saturated rings. The standard InChI is InChI=1S/C19H31NO/c1-16-8-7-12-19(2,3)18(16)10-9-17(21)11-15-20-13-5-4-6-14-20/h8-10,18H,4-7,11-15H2,1-3H3/b10-9+. The van der Waals surface area contributed by atoms with Crippen molar-refractivity contribution in [2.45, 2.75) is 59.3 Å². The summed E-state index contributed by atoms with van der Waals surface area (Å²) < 4.78 is 0. The van der Waals surface area contributed by atoms with Gasteiger partial charge in [-0.25, -0.2) is 0 Å². The summed E-state index contributed by atoms with van der Waals surface area (Å²) in [6, 6.07) is 0. The summed E-state index contributed by atoms with van der Waals surface area (Å²) in [4.78, 5) is 14.5. The molecule has 0 radical (unpaired) electrons. The Labute approximate surface area is 130 Å². The third-order valence-corrected chi connectivity index (χ3v) is 5.19. The van der Waals surface area contributed by atoms with Gasteiger partial charge in [0.25, 0.3) is 0 Å². The van der Waals surface area contributed by atoms with Gasteiger partial charge < -0.3 is 4.90 Å². The zero-order valence-electron chi connectivity index (χ0n) is 14.0. The van der Waals surface area contributed by atoms with Crippen LogP contribution in [0, 0.1) is 11.3 Å². The number of nitrogens with zero attached hydrogens (tertiary/aromatic N) is 1. The number of hydrogen-bond acceptors (Lipinski definition) is 2. The fourth-order valence-electron chi connectivity index (χ4n) is 3.72. The maximum Gasteiger partial charge on any atom is 0.156 e. The molecule has 0 spiro atoms. The van der Waals surface area contributed by atoms with Crippen LogP contribution in [0.25, 0.3) is 0 Å². The van der Waals surface area contributed by atoms with Gasteiger partial charge in [0.05, 0.1) is 0 Å². The predicted molar refractivity (Wildman–Crippen MR) is 89.3 cm³/mol. The summed E-state index contributed by atoms with van der Waals surface area (Å²) in [6.07, 6.45) is 13.3. The van der Waals surface area contributed by atoms with Gasteiger partial charge in [-0.3, -0.25) is 4.79 Å². The van der Waals surface area contributed by atoms with Gasteiger partial charge in [-0.1, -0.05) is 38.0 Å². The first-order valence-corrected chi connectivity index (χ1v) is 8.59. The Morgan fingerprint density at radius 2 is 2.05 bits per heavy atom. The van der Waals surface area contributed by atoms with Crippen molar-refractivity contribution in [1.29, 1.82) is 0 Å². The van der Waals surface area contributed by atoms with Crippen LogP contribution in [0.4, 0.5) is 0 Å². The summed E-state index contributed by atoms with van der Waals surface area (Å²) in [6.45, 7) is 10.1. The molecule has 1 aliphatic heterocycles. The lowest BCUT2D eigenvalue weighted by Crippen LogP contribution is -2.31. The Bertz CT molecular complexity index is 413. The molecule has 0 saturated carbocycles. The lowest BCUT2D eigenvalue weighted by atomic mass is 9.68. The summed E-state index contributed by atoms with van der Waals surface area (Å²) >= 11 is 0. The van der Waals surface area contributed by atoms with Crippen molar-refractivity contribution in [1.82, 2.24) is 4.90 Å². The minimum atomic E-state index is 0.280. The second-order valence-corrected chi connectivity index (χ2v) is 7.43. The molecule has 1 heterocycles. The molecule has 0 amide bonds. The number of carbonyl (C=O) groups excluding carboxylic acids is 1. The van der Waals surface area contributed by atoms with Gasteiger partial charge in [0.1, 0.15) is 0 Å². The quantitative estimate of drug-likeness (QED) is 0.553. The minimum absolute atomic E-state index is 0.280. The highest BCUT2D eigenvalue weighted by molar-refractivity contribution is 5.89. The second kappa shape index (κ2) is 7.40. The van der Waals surface area contributed by atoms with Crippen molar-refractivity contribution < 1.29 is 4.79 Å². The third kappa shape index (κ3) is 4.81.